The van der Waals surface area contributed by atoms with E-state index in [0.717, 1.165) is 18.2 Å². The van der Waals surface area contributed by atoms with Gasteiger partial charge >= 0.3 is 31.1 Å². The molecule has 0 amide bonds. The van der Waals surface area contributed by atoms with E-state index in [4.69, 9.17) is 9.31 Å². The molecule has 1 saturated heterocycles. The molecule has 12 heteroatoms. The number of alkyl halides is 9. The van der Waals surface area contributed by atoms with Crippen molar-refractivity contribution in [1.82, 2.24) is 0 Å². The van der Waals surface area contributed by atoms with Crippen molar-refractivity contribution in [2.24, 2.45) is 0 Å². The highest BCUT2D eigenvalue weighted by Crippen LogP contribution is 2.56. The third kappa shape index (κ3) is 3.18. The lowest BCUT2D eigenvalue weighted by molar-refractivity contribution is -0.399. The van der Waals surface area contributed by atoms with E-state index in [-0.39, 0.29) is 0 Å². The van der Waals surface area contributed by atoms with E-state index in [1.807, 2.05) is 0 Å². The average Bonchev–Trinajstić information content (AvgIpc) is 2.74. The second-order valence-corrected chi connectivity index (χ2v) is 7.40. The van der Waals surface area contributed by atoms with Crippen molar-refractivity contribution < 1.29 is 48.8 Å². The van der Waals surface area contributed by atoms with Crippen LogP contribution in [0.15, 0.2) is 24.3 Å². The highest BCUT2D eigenvalue weighted by molar-refractivity contribution is 6.62. The van der Waals surface area contributed by atoms with Crippen molar-refractivity contribution in [3.8, 4) is 0 Å². The molecule has 1 aromatic rings. The third-order valence-corrected chi connectivity index (χ3v) is 4.95. The van der Waals surface area contributed by atoms with Crippen LogP contribution in [0.5, 0.6) is 0 Å². The van der Waals surface area contributed by atoms with E-state index in [9.17, 15) is 39.5 Å². The van der Waals surface area contributed by atoms with E-state index in [1.165, 1.54) is 27.7 Å². The number of hydrogen-bond acceptors (Lipinski definition) is 2. The van der Waals surface area contributed by atoms with Gasteiger partial charge in [-0.1, -0.05) is 24.3 Å². The lowest BCUT2D eigenvalue weighted by Crippen LogP contribution is -2.60. The van der Waals surface area contributed by atoms with Crippen LogP contribution in [0.25, 0.3) is 0 Å². The number of halogens is 9. The second-order valence-electron chi connectivity index (χ2n) is 7.40. The van der Waals surface area contributed by atoms with Gasteiger partial charge in [-0.25, -0.2) is 0 Å². The maximum absolute atomic E-state index is 14.4. The molecule has 0 aliphatic carbocycles. The van der Waals surface area contributed by atoms with Crippen molar-refractivity contribution >= 4 is 12.6 Å². The van der Waals surface area contributed by atoms with Crippen LogP contribution in [0.3, 0.4) is 0 Å². The predicted molar refractivity (Wildman–Crippen MR) is 82.0 cm³/mol. The first-order valence-electron chi connectivity index (χ1n) is 7.95. The van der Waals surface area contributed by atoms with Gasteiger partial charge in [0.15, 0.2) is 0 Å². The lowest BCUT2D eigenvalue weighted by Gasteiger charge is -2.34. The van der Waals surface area contributed by atoms with Crippen molar-refractivity contribution in [1.29, 1.82) is 0 Å². The summed E-state index contributed by atoms with van der Waals surface area (Å²) >= 11 is 0. The molecule has 0 bridgehead atoms. The van der Waals surface area contributed by atoms with Gasteiger partial charge in [-0.05, 0) is 33.2 Å². The van der Waals surface area contributed by atoms with Crippen LogP contribution in [0.1, 0.15) is 33.3 Å². The standard InChI is InChI=1S/C16H16BF9O2/c1-11(2)12(3,4)28-17(27-11)10-8-6-5-7-9(10)13(18,19)14(20,21)15(22,23)16(24,25)26/h5-8H,1-4H3. The molecule has 1 aliphatic rings. The smallest absolute Gasteiger partial charge is 0.399 e. The minimum absolute atomic E-state index is 0.334. The zero-order chi connectivity index (χ0) is 22.0. The molecule has 0 unspecified atom stereocenters. The number of hydrogen-bond donors (Lipinski definition) is 0. The molecule has 0 atom stereocenters. The first-order chi connectivity index (χ1) is 12.3. The monoisotopic (exact) mass is 422 g/mol. The summed E-state index contributed by atoms with van der Waals surface area (Å²) in [5.74, 6) is -19.6. The minimum Gasteiger partial charge on any atom is -0.399 e. The molecule has 0 radical (unpaired) electrons. The van der Waals surface area contributed by atoms with Gasteiger partial charge in [0.1, 0.15) is 0 Å². The first-order valence-corrected chi connectivity index (χ1v) is 7.95. The lowest BCUT2D eigenvalue weighted by atomic mass is 9.73. The van der Waals surface area contributed by atoms with Crippen LogP contribution >= 0.6 is 0 Å². The summed E-state index contributed by atoms with van der Waals surface area (Å²) < 4.78 is 131. The van der Waals surface area contributed by atoms with Gasteiger partial charge < -0.3 is 9.31 Å². The molecule has 2 nitrogen and oxygen atoms in total. The van der Waals surface area contributed by atoms with Gasteiger partial charge in [0.05, 0.1) is 11.2 Å². The van der Waals surface area contributed by atoms with Crippen LogP contribution in [-0.2, 0) is 15.2 Å². The summed E-state index contributed by atoms with van der Waals surface area (Å²) in [7, 11) is -1.68. The van der Waals surface area contributed by atoms with Gasteiger partial charge in [-0.3, -0.25) is 0 Å². The van der Waals surface area contributed by atoms with Gasteiger partial charge in [0.2, 0.25) is 0 Å². The summed E-state index contributed by atoms with van der Waals surface area (Å²) in [5, 5.41) is 0. The zero-order valence-corrected chi connectivity index (χ0v) is 15.1. The Morgan fingerprint density at radius 1 is 0.714 bits per heavy atom. The minimum atomic E-state index is -6.98. The first kappa shape index (κ1) is 22.9. The van der Waals surface area contributed by atoms with E-state index in [0.29, 0.717) is 6.07 Å². The maximum atomic E-state index is 14.4. The van der Waals surface area contributed by atoms with Crippen molar-refractivity contribution in [3.63, 3.8) is 0 Å². The van der Waals surface area contributed by atoms with Gasteiger partial charge in [0.25, 0.3) is 0 Å². The van der Waals surface area contributed by atoms with Crippen molar-refractivity contribution in [2.75, 3.05) is 0 Å². The third-order valence-electron chi connectivity index (χ3n) is 4.95. The molecule has 1 aliphatic heterocycles. The van der Waals surface area contributed by atoms with Crippen LogP contribution in [-0.4, -0.2) is 36.3 Å². The van der Waals surface area contributed by atoms with Gasteiger partial charge in [0, 0.05) is 5.56 Å². The van der Waals surface area contributed by atoms with Crippen molar-refractivity contribution in [2.45, 2.75) is 62.8 Å². The number of benzene rings is 1. The molecule has 28 heavy (non-hydrogen) atoms. The molecule has 1 fully saturated rings. The Balaban J connectivity index is 2.58. The Labute approximate surface area is 155 Å². The Morgan fingerprint density at radius 3 is 1.57 bits per heavy atom. The molecule has 0 N–H and O–H groups in total. The normalized spacial score (nSPS) is 20.5. The molecular weight excluding hydrogens is 406 g/mol. The Bertz CT molecular complexity index is 728. The Morgan fingerprint density at radius 2 is 1.14 bits per heavy atom. The van der Waals surface area contributed by atoms with E-state index >= 15 is 0 Å². The maximum Gasteiger partial charge on any atom is 0.495 e. The van der Waals surface area contributed by atoms with Crippen LogP contribution in [0, 0.1) is 0 Å². The fourth-order valence-electron chi connectivity index (χ4n) is 2.50. The fraction of sp³-hybridized carbons (Fsp3) is 0.625. The Hall–Kier alpha value is -1.43. The van der Waals surface area contributed by atoms with Crippen LogP contribution in [0.4, 0.5) is 39.5 Å². The SMILES string of the molecule is CC1(C)OB(c2ccccc2C(F)(F)C(F)(F)C(F)(F)C(F)(F)F)OC1(C)C. The summed E-state index contributed by atoms with van der Waals surface area (Å²) in [4.78, 5) is 0. The van der Waals surface area contributed by atoms with E-state index in [1.54, 1.807) is 0 Å². The summed E-state index contributed by atoms with van der Waals surface area (Å²) in [5.41, 5.74) is -4.72. The highest BCUT2D eigenvalue weighted by atomic mass is 19.4. The largest absolute Gasteiger partial charge is 0.495 e. The molecule has 0 saturated carbocycles. The van der Waals surface area contributed by atoms with Crippen LogP contribution < -0.4 is 5.46 Å². The molecule has 1 heterocycles. The molecule has 0 aromatic heterocycles. The van der Waals surface area contributed by atoms with E-state index in [2.05, 4.69) is 0 Å². The topological polar surface area (TPSA) is 18.5 Å². The zero-order valence-electron chi connectivity index (χ0n) is 15.1. The average molecular weight is 422 g/mol. The second kappa shape index (κ2) is 6.28. The van der Waals surface area contributed by atoms with Crippen molar-refractivity contribution in [3.05, 3.63) is 29.8 Å². The number of rotatable bonds is 4. The quantitative estimate of drug-likeness (QED) is 0.507. The summed E-state index contributed by atoms with van der Waals surface area (Å²) in [6.45, 7) is 6.06. The summed E-state index contributed by atoms with van der Waals surface area (Å²) in [6.07, 6.45) is -6.89. The molecular formula is C16H16BF9O2. The molecule has 158 valence electrons. The van der Waals surface area contributed by atoms with Gasteiger partial charge in [-0.15, -0.1) is 0 Å². The molecule has 0 spiro atoms. The van der Waals surface area contributed by atoms with Crippen LogP contribution in [0.2, 0.25) is 0 Å². The molecule has 1 aromatic carbocycles. The highest BCUT2D eigenvalue weighted by Gasteiger charge is 2.82. The predicted octanol–water partition coefficient (Wildman–Crippen LogP) is 4.91. The fourth-order valence-corrected chi connectivity index (χ4v) is 2.50. The summed E-state index contributed by atoms with van der Waals surface area (Å²) in [6, 6.07) is 3.09. The molecule has 2 rings (SSSR count). The Kier molecular flexibility index (Phi) is 5.13. The van der Waals surface area contributed by atoms with E-state index < -0.39 is 53.3 Å². The van der Waals surface area contributed by atoms with Gasteiger partial charge in [-0.2, -0.15) is 39.5 Å².